The molecule has 0 aromatic carbocycles. The summed E-state index contributed by atoms with van der Waals surface area (Å²) >= 11 is 4.20. The highest BCUT2D eigenvalue weighted by Gasteiger charge is 2.36. The molecule has 5 atom stereocenters. The third-order valence-corrected chi connectivity index (χ3v) is 9.31. The fourth-order valence-corrected chi connectivity index (χ4v) is 6.60. The van der Waals surface area contributed by atoms with E-state index in [4.69, 9.17) is 0 Å². The minimum absolute atomic E-state index is 0.0373. The molecule has 3 aliphatic rings. The summed E-state index contributed by atoms with van der Waals surface area (Å²) in [4.78, 5) is 39.0. The summed E-state index contributed by atoms with van der Waals surface area (Å²) in [5.74, 6) is -2.13. The Labute approximate surface area is 263 Å². The summed E-state index contributed by atoms with van der Waals surface area (Å²) in [6, 6.07) is -0.151. The smallest absolute Gasteiger partial charge is 0.303 e. The summed E-state index contributed by atoms with van der Waals surface area (Å²) in [5.41, 5.74) is 7.38. The van der Waals surface area contributed by atoms with Crippen molar-refractivity contribution < 1.29 is 29.7 Å². The minimum Gasteiger partial charge on any atom is -0.495 e. The van der Waals surface area contributed by atoms with E-state index in [2.05, 4.69) is 40.1 Å². The summed E-state index contributed by atoms with van der Waals surface area (Å²) in [6.07, 6.45) is 8.52. The van der Waals surface area contributed by atoms with E-state index in [9.17, 15) is 29.7 Å². The number of aliphatic carboxylic acids is 2. The van der Waals surface area contributed by atoms with Crippen molar-refractivity contribution >= 4 is 42.6 Å². The molecule has 0 saturated carbocycles. The van der Waals surface area contributed by atoms with E-state index in [0.717, 1.165) is 50.6 Å². The van der Waals surface area contributed by atoms with Crippen LogP contribution in [0, 0.1) is 24.7 Å². The zero-order valence-electron chi connectivity index (χ0n) is 25.5. The number of rotatable bonds is 12. The van der Waals surface area contributed by atoms with Crippen LogP contribution in [0.15, 0.2) is 58.1 Å². The predicted molar refractivity (Wildman–Crippen MR) is 173 cm³/mol. The molecule has 1 fully saturated rings. The van der Waals surface area contributed by atoms with Gasteiger partial charge >= 0.3 is 11.9 Å². The maximum atomic E-state index is 12.5. The highest BCUT2D eigenvalue weighted by molar-refractivity contribution is 7.83. The number of carbonyl (C=O) groups excluding carboxylic acids is 1. The molecule has 0 aliphatic carbocycles. The van der Waals surface area contributed by atoms with E-state index in [0.29, 0.717) is 12.8 Å². The van der Waals surface area contributed by atoms with Crippen molar-refractivity contribution in [3.63, 3.8) is 0 Å². The Kier molecular flexibility index (Phi) is 10.2. The molecular formula is C33H42N4O6S. The number of hydrogen-bond donors (Lipinski definition) is 8. The van der Waals surface area contributed by atoms with Gasteiger partial charge in [-0.3, -0.25) is 14.4 Å². The van der Waals surface area contributed by atoms with Gasteiger partial charge in [-0.25, -0.2) is 0 Å². The molecule has 1 amide bonds. The van der Waals surface area contributed by atoms with Gasteiger partial charge in [0.05, 0.1) is 0 Å². The molecule has 44 heavy (non-hydrogen) atoms. The van der Waals surface area contributed by atoms with Crippen LogP contribution in [0.25, 0.3) is 12.2 Å². The van der Waals surface area contributed by atoms with E-state index < -0.39 is 11.9 Å². The van der Waals surface area contributed by atoms with Gasteiger partial charge < -0.3 is 36.3 Å². The van der Waals surface area contributed by atoms with Crippen LogP contribution in [0.4, 0.5) is 0 Å². The number of carboxylic acids is 2. The quantitative estimate of drug-likeness (QED) is 0.152. The fourth-order valence-electron chi connectivity index (χ4n) is 6.42. The Morgan fingerprint density at radius 3 is 2.30 bits per heavy atom. The first-order valence-electron chi connectivity index (χ1n) is 14.8. The average molecular weight is 623 g/mol. The van der Waals surface area contributed by atoms with Crippen molar-refractivity contribution in [1.29, 1.82) is 0 Å². The Balaban J connectivity index is 1.73. The highest BCUT2D eigenvalue weighted by atomic mass is 32.1. The van der Waals surface area contributed by atoms with E-state index >= 15 is 0 Å². The molecule has 11 heteroatoms. The maximum absolute atomic E-state index is 12.5. The van der Waals surface area contributed by atoms with Crippen molar-refractivity contribution in [3.8, 4) is 0 Å². The van der Waals surface area contributed by atoms with Gasteiger partial charge in [0.25, 0.3) is 0 Å². The lowest BCUT2D eigenvalue weighted by molar-refractivity contribution is -0.138. The van der Waals surface area contributed by atoms with Crippen molar-refractivity contribution in [3.05, 3.63) is 80.7 Å². The molecule has 4 heterocycles. The topological polar surface area (TPSA) is 164 Å². The number of aliphatic hydroxyl groups is 1. The fraction of sp³-hybridized carbons (Fsp3) is 0.424. The number of amides is 1. The van der Waals surface area contributed by atoms with E-state index in [1.54, 1.807) is 11.5 Å². The van der Waals surface area contributed by atoms with Crippen LogP contribution in [-0.4, -0.2) is 50.2 Å². The van der Waals surface area contributed by atoms with Crippen molar-refractivity contribution in [2.75, 3.05) is 0 Å². The number of carbonyl (C=O) groups is 3. The number of nitrogens with one attached hydrogen (secondary N) is 4. The summed E-state index contributed by atoms with van der Waals surface area (Å²) < 4.78 is 0. The molecular weight excluding hydrogens is 580 g/mol. The normalized spacial score (nSPS) is 27.0. The lowest BCUT2D eigenvalue weighted by Gasteiger charge is -2.23. The van der Waals surface area contributed by atoms with Gasteiger partial charge in [0.15, 0.2) is 5.88 Å². The van der Waals surface area contributed by atoms with Gasteiger partial charge in [-0.15, -0.1) is 0 Å². The Morgan fingerprint density at radius 2 is 1.68 bits per heavy atom. The average Bonchev–Trinajstić information content (AvgIpc) is 3.60. The SMILES string of the molecule is C=CC1=C(O)N[C@H](CC2N/C(=C\c3[nH]c(/C=C4\NC(=O)[C@H](C)[C@H]4/C=C/S)c(C)c3CCC(=O)O)C(CCC(=O)O)=C2C)C1C. The number of aliphatic hydroxyl groups excluding tert-OH is 1. The van der Waals surface area contributed by atoms with Crippen molar-refractivity contribution in [2.45, 2.75) is 71.9 Å². The van der Waals surface area contributed by atoms with E-state index in [1.807, 2.05) is 45.9 Å². The van der Waals surface area contributed by atoms with Crippen LogP contribution in [0.2, 0.25) is 0 Å². The van der Waals surface area contributed by atoms with Crippen LogP contribution in [0.5, 0.6) is 0 Å². The first-order chi connectivity index (χ1) is 20.9. The third-order valence-electron chi connectivity index (χ3n) is 9.14. The van der Waals surface area contributed by atoms with Gasteiger partial charge in [-0.1, -0.05) is 32.6 Å². The molecule has 3 aliphatic heterocycles. The lowest BCUT2D eigenvalue weighted by atomic mass is 9.90. The molecule has 7 N–H and O–H groups in total. The molecule has 0 spiro atoms. The van der Waals surface area contributed by atoms with Crippen LogP contribution in [-0.2, 0) is 20.8 Å². The first kappa shape index (κ1) is 32.8. The number of hydrogen-bond acceptors (Lipinski definition) is 7. The van der Waals surface area contributed by atoms with Gasteiger partial charge in [0.1, 0.15) is 0 Å². The zero-order chi connectivity index (χ0) is 32.3. The van der Waals surface area contributed by atoms with E-state index in [1.165, 1.54) is 0 Å². The molecule has 0 bridgehead atoms. The van der Waals surface area contributed by atoms with Crippen LogP contribution < -0.4 is 16.0 Å². The standard InChI is InChI=1S/C33H42N4O6S/c1-6-20-16(2)26(36-33(20)43)13-24-17(3)21(7-9-30(38)39)27(34-24)15-28-22(8-10-31(40)41)18(4)25(35-28)14-29-23(11-12-44)19(5)32(42)37-29/h6,11-12,14-16,19,23-24,26,34-36,43-44H,1,7-10,13H2,2-5H3,(H,37,42)(H,38,39)(H,40,41)/b12-11+,27-15-,29-14-/t16?,19-,23-,24?,26-/m1/s1. The molecule has 236 valence electrons. The number of H-pyrrole nitrogens is 1. The van der Waals surface area contributed by atoms with Crippen LogP contribution in [0.1, 0.15) is 69.0 Å². The number of thiol groups is 1. The molecule has 10 nitrogen and oxygen atoms in total. The summed E-state index contributed by atoms with van der Waals surface area (Å²) in [6.45, 7) is 11.6. The maximum Gasteiger partial charge on any atom is 0.303 e. The first-order valence-corrected chi connectivity index (χ1v) is 15.4. The molecule has 0 radical (unpaired) electrons. The summed E-state index contributed by atoms with van der Waals surface area (Å²) in [7, 11) is 0. The van der Waals surface area contributed by atoms with E-state index in [-0.39, 0.29) is 60.9 Å². The lowest BCUT2D eigenvalue weighted by Crippen LogP contribution is -2.36. The Hall–Kier alpha value is -4.12. The Bertz CT molecular complexity index is 1510. The minimum atomic E-state index is -0.911. The second kappa shape index (κ2) is 13.7. The Morgan fingerprint density at radius 1 is 1.00 bits per heavy atom. The number of aromatic nitrogens is 1. The number of allylic oxidation sites excluding steroid dienone is 3. The zero-order valence-corrected chi connectivity index (χ0v) is 26.4. The van der Waals surface area contributed by atoms with Crippen molar-refractivity contribution in [1.82, 2.24) is 20.9 Å². The molecule has 1 saturated heterocycles. The number of aromatic amines is 1. The van der Waals surface area contributed by atoms with Gasteiger partial charge in [0.2, 0.25) is 5.91 Å². The molecule has 4 rings (SSSR count). The van der Waals surface area contributed by atoms with Crippen molar-refractivity contribution in [2.24, 2.45) is 17.8 Å². The second-order valence-corrected chi connectivity index (χ2v) is 12.1. The predicted octanol–water partition coefficient (Wildman–Crippen LogP) is 4.95. The van der Waals surface area contributed by atoms with Crippen LogP contribution in [0.3, 0.4) is 0 Å². The molecule has 1 aromatic heterocycles. The summed E-state index contributed by atoms with van der Waals surface area (Å²) in [5, 5.41) is 40.6. The number of carboxylic acid groups (broad SMARTS) is 2. The molecule has 2 unspecified atom stereocenters. The largest absolute Gasteiger partial charge is 0.495 e. The van der Waals surface area contributed by atoms with Crippen LogP contribution >= 0.6 is 12.6 Å². The molecule has 1 aromatic rings. The highest BCUT2D eigenvalue weighted by Crippen LogP contribution is 2.36. The van der Waals surface area contributed by atoms with Gasteiger partial charge in [0, 0.05) is 71.0 Å². The van der Waals surface area contributed by atoms with Gasteiger partial charge in [-0.2, -0.15) is 12.6 Å². The monoisotopic (exact) mass is 622 g/mol. The second-order valence-electron chi connectivity index (χ2n) is 11.8. The third kappa shape index (κ3) is 6.83. The van der Waals surface area contributed by atoms with Gasteiger partial charge in [-0.05, 0) is 72.9 Å².